The van der Waals surface area contributed by atoms with Gasteiger partial charge in [0, 0.05) is 29.4 Å². The van der Waals surface area contributed by atoms with Crippen LogP contribution in [-0.4, -0.2) is 22.8 Å². The quantitative estimate of drug-likeness (QED) is 0.167. The van der Waals surface area contributed by atoms with Crippen molar-refractivity contribution < 1.29 is 9.59 Å². The standard InChI is InChI=1S/C32H33N5O2/c33-27-10-4-5-11-29(27)37-30(38)19-14-22-12-15-23(16-13-22)31(32(39)36-25-8-2-1-3-9-25)35-26-17-18-28-24(21-26)7-6-20-34-28/h4-7,10-21,25,31,35H,1-3,8-9,33H2,(H,36,39)(H,37,38). The summed E-state index contributed by atoms with van der Waals surface area (Å²) in [5.41, 5.74) is 10.4. The Bertz CT molecular complexity index is 1480. The highest BCUT2D eigenvalue weighted by atomic mass is 16.2. The van der Waals surface area contributed by atoms with E-state index < -0.39 is 6.04 Å². The Morgan fingerprint density at radius 1 is 0.923 bits per heavy atom. The molecule has 4 aromatic rings. The van der Waals surface area contributed by atoms with Crippen molar-refractivity contribution in [1.82, 2.24) is 10.3 Å². The van der Waals surface area contributed by atoms with Gasteiger partial charge in [0.2, 0.25) is 11.8 Å². The van der Waals surface area contributed by atoms with Crippen molar-refractivity contribution >= 4 is 45.9 Å². The molecule has 0 bridgehead atoms. The molecular formula is C32H33N5O2. The van der Waals surface area contributed by atoms with E-state index in [1.54, 1.807) is 24.4 Å². The zero-order valence-electron chi connectivity index (χ0n) is 21.8. The predicted octanol–water partition coefficient (Wildman–Crippen LogP) is 6.07. The molecule has 2 amide bonds. The number of nitrogens with two attached hydrogens (primary N) is 1. The molecule has 1 aliphatic rings. The molecule has 1 saturated carbocycles. The molecule has 3 aromatic carbocycles. The molecule has 7 nitrogen and oxygen atoms in total. The van der Waals surface area contributed by atoms with Gasteiger partial charge in [-0.15, -0.1) is 0 Å². The maximum Gasteiger partial charge on any atom is 0.248 e. The minimum absolute atomic E-state index is 0.0451. The molecule has 1 atom stereocenters. The minimum Gasteiger partial charge on any atom is -0.397 e. The Kier molecular flexibility index (Phi) is 8.17. The number of rotatable bonds is 8. The molecule has 198 valence electrons. The van der Waals surface area contributed by atoms with Crippen LogP contribution >= 0.6 is 0 Å². The van der Waals surface area contributed by atoms with Gasteiger partial charge in [0.1, 0.15) is 6.04 Å². The lowest BCUT2D eigenvalue weighted by molar-refractivity contribution is -0.122. The van der Waals surface area contributed by atoms with E-state index in [1.807, 2.05) is 66.7 Å². The Labute approximate surface area is 228 Å². The van der Waals surface area contributed by atoms with Gasteiger partial charge in [-0.3, -0.25) is 14.6 Å². The van der Waals surface area contributed by atoms with Crippen molar-refractivity contribution in [2.24, 2.45) is 0 Å². The molecule has 39 heavy (non-hydrogen) atoms. The zero-order chi connectivity index (χ0) is 27.0. The number of carbonyl (C=O) groups excluding carboxylic acids is 2. The number of hydrogen-bond acceptors (Lipinski definition) is 5. The Hall–Kier alpha value is -4.65. The van der Waals surface area contributed by atoms with Crippen molar-refractivity contribution in [1.29, 1.82) is 0 Å². The first-order valence-electron chi connectivity index (χ1n) is 13.4. The number of hydrogen-bond donors (Lipinski definition) is 4. The van der Waals surface area contributed by atoms with E-state index in [9.17, 15) is 9.59 Å². The average Bonchev–Trinajstić information content (AvgIpc) is 2.97. The molecule has 1 fully saturated rings. The Balaban J connectivity index is 1.32. The molecule has 0 saturated heterocycles. The van der Waals surface area contributed by atoms with Gasteiger partial charge >= 0.3 is 0 Å². The lowest BCUT2D eigenvalue weighted by atomic mass is 9.94. The maximum absolute atomic E-state index is 13.5. The molecule has 0 aliphatic heterocycles. The van der Waals surface area contributed by atoms with Crippen LogP contribution in [0.4, 0.5) is 17.1 Å². The molecule has 7 heteroatoms. The maximum atomic E-state index is 13.5. The number of aromatic nitrogens is 1. The number of amides is 2. The van der Waals surface area contributed by atoms with Gasteiger partial charge in [-0.05, 0) is 66.4 Å². The van der Waals surface area contributed by atoms with E-state index in [-0.39, 0.29) is 17.9 Å². The molecule has 0 spiro atoms. The van der Waals surface area contributed by atoms with Crippen LogP contribution in [0, 0.1) is 0 Å². The first kappa shape index (κ1) is 26.0. The summed E-state index contributed by atoms with van der Waals surface area (Å²) in [6.07, 6.45) is 10.5. The van der Waals surface area contributed by atoms with Crippen LogP contribution in [0.25, 0.3) is 17.0 Å². The van der Waals surface area contributed by atoms with Crippen LogP contribution in [0.5, 0.6) is 0 Å². The fourth-order valence-electron chi connectivity index (χ4n) is 4.92. The second-order valence-corrected chi connectivity index (χ2v) is 9.91. The fourth-order valence-corrected chi connectivity index (χ4v) is 4.92. The summed E-state index contributed by atoms with van der Waals surface area (Å²) in [6.45, 7) is 0. The number of nitrogen functional groups attached to an aromatic ring is 1. The van der Waals surface area contributed by atoms with Crippen molar-refractivity contribution in [3.05, 3.63) is 102 Å². The Morgan fingerprint density at radius 2 is 1.72 bits per heavy atom. The summed E-state index contributed by atoms with van der Waals surface area (Å²) in [6, 6.07) is 24.3. The number of benzene rings is 3. The molecule has 1 aliphatic carbocycles. The van der Waals surface area contributed by atoms with Crippen molar-refractivity contribution in [3.63, 3.8) is 0 Å². The van der Waals surface area contributed by atoms with Gasteiger partial charge in [0.25, 0.3) is 0 Å². The number of nitrogens with one attached hydrogen (secondary N) is 3. The first-order chi connectivity index (χ1) is 19.0. The third kappa shape index (κ3) is 6.82. The zero-order valence-corrected chi connectivity index (χ0v) is 21.8. The third-order valence-corrected chi connectivity index (χ3v) is 7.04. The fraction of sp³-hybridized carbons (Fsp3) is 0.219. The second-order valence-electron chi connectivity index (χ2n) is 9.91. The van der Waals surface area contributed by atoms with E-state index in [2.05, 4.69) is 20.9 Å². The number of anilines is 3. The topological polar surface area (TPSA) is 109 Å². The summed E-state index contributed by atoms with van der Waals surface area (Å²) in [5.74, 6) is -0.314. The second kappa shape index (κ2) is 12.3. The highest BCUT2D eigenvalue weighted by molar-refractivity contribution is 6.03. The highest BCUT2D eigenvalue weighted by Gasteiger charge is 2.24. The number of para-hydroxylation sites is 2. The van der Waals surface area contributed by atoms with Gasteiger partial charge in [0.05, 0.1) is 16.9 Å². The first-order valence-corrected chi connectivity index (χ1v) is 13.4. The molecular weight excluding hydrogens is 486 g/mol. The van der Waals surface area contributed by atoms with Gasteiger partial charge in [0.15, 0.2) is 0 Å². The molecule has 1 unspecified atom stereocenters. The van der Waals surface area contributed by atoms with Crippen molar-refractivity contribution in [2.75, 3.05) is 16.4 Å². The average molecular weight is 520 g/mol. The van der Waals surface area contributed by atoms with Crippen molar-refractivity contribution in [3.8, 4) is 0 Å². The summed E-state index contributed by atoms with van der Waals surface area (Å²) >= 11 is 0. The van der Waals surface area contributed by atoms with Crippen LogP contribution in [0.1, 0.15) is 49.3 Å². The third-order valence-electron chi connectivity index (χ3n) is 7.04. The van der Waals surface area contributed by atoms with E-state index in [0.717, 1.165) is 53.4 Å². The normalized spacial score (nSPS) is 14.7. The summed E-state index contributed by atoms with van der Waals surface area (Å²) in [5, 5.41) is 10.5. The number of carbonyl (C=O) groups is 2. The minimum atomic E-state index is -0.566. The summed E-state index contributed by atoms with van der Waals surface area (Å²) in [4.78, 5) is 30.3. The summed E-state index contributed by atoms with van der Waals surface area (Å²) in [7, 11) is 0. The van der Waals surface area contributed by atoms with Gasteiger partial charge < -0.3 is 21.7 Å². The molecule has 5 N–H and O–H groups in total. The number of nitrogens with zero attached hydrogens (tertiary/aromatic N) is 1. The number of pyridine rings is 1. The summed E-state index contributed by atoms with van der Waals surface area (Å²) < 4.78 is 0. The van der Waals surface area contributed by atoms with Crippen LogP contribution in [0.3, 0.4) is 0 Å². The largest absolute Gasteiger partial charge is 0.397 e. The van der Waals surface area contributed by atoms with E-state index in [0.29, 0.717) is 11.4 Å². The van der Waals surface area contributed by atoms with E-state index >= 15 is 0 Å². The van der Waals surface area contributed by atoms with E-state index in [1.165, 1.54) is 12.5 Å². The SMILES string of the molecule is Nc1ccccc1NC(=O)C=Cc1ccc(C(Nc2ccc3ncccc3c2)C(=O)NC2CCCCC2)cc1. The van der Waals surface area contributed by atoms with Gasteiger partial charge in [-0.1, -0.05) is 61.7 Å². The smallest absolute Gasteiger partial charge is 0.248 e. The molecule has 5 rings (SSSR count). The molecule has 0 radical (unpaired) electrons. The van der Waals surface area contributed by atoms with E-state index in [4.69, 9.17) is 5.73 Å². The Morgan fingerprint density at radius 3 is 2.51 bits per heavy atom. The predicted molar refractivity (Wildman–Crippen MR) is 158 cm³/mol. The molecule has 1 aromatic heterocycles. The van der Waals surface area contributed by atoms with Crippen LogP contribution in [0.15, 0.2) is 91.1 Å². The highest BCUT2D eigenvalue weighted by Crippen LogP contribution is 2.25. The van der Waals surface area contributed by atoms with Crippen LogP contribution in [-0.2, 0) is 9.59 Å². The molecule has 1 heterocycles. The van der Waals surface area contributed by atoms with Gasteiger partial charge in [-0.2, -0.15) is 0 Å². The lowest BCUT2D eigenvalue weighted by Crippen LogP contribution is -2.41. The van der Waals surface area contributed by atoms with Crippen LogP contribution < -0.4 is 21.7 Å². The lowest BCUT2D eigenvalue weighted by Gasteiger charge is -2.27. The van der Waals surface area contributed by atoms with Crippen molar-refractivity contribution in [2.45, 2.75) is 44.2 Å². The monoisotopic (exact) mass is 519 g/mol. The number of fused-ring (bicyclic) bond motifs is 1. The van der Waals surface area contributed by atoms with Crippen LogP contribution in [0.2, 0.25) is 0 Å². The van der Waals surface area contributed by atoms with Gasteiger partial charge in [-0.25, -0.2) is 0 Å².